The highest BCUT2D eigenvalue weighted by Crippen LogP contribution is 2.14. The van der Waals surface area contributed by atoms with Crippen LogP contribution in [0.2, 0.25) is 0 Å². The number of hydrogen-bond acceptors (Lipinski definition) is 3. The zero-order valence-electron chi connectivity index (χ0n) is 10.3. The zero-order valence-corrected chi connectivity index (χ0v) is 10.3. The summed E-state index contributed by atoms with van der Waals surface area (Å²) in [5.74, 6) is -0.153. The summed E-state index contributed by atoms with van der Waals surface area (Å²) in [6.45, 7) is 4.08. The van der Waals surface area contributed by atoms with Gasteiger partial charge in [-0.3, -0.25) is 4.79 Å². The molecule has 1 aromatic carbocycles. The van der Waals surface area contributed by atoms with Crippen molar-refractivity contribution in [2.45, 2.75) is 25.9 Å². The molecule has 94 valence electrons. The van der Waals surface area contributed by atoms with Gasteiger partial charge in [-0.1, -0.05) is 30.3 Å². The van der Waals surface area contributed by atoms with E-state index in [0.717, 1.165) is 5.56 Å². The smallest absolute Gasteiger partial charge is 0.244 e. The Morgan fingerprint density at radius 1 is 1.35 bits per heavy atom. The Bertz CT molecular complexity index is 352. The molecule has 4 heteroatoms. The maximum absolute atomic E-state index is 12.2. The molecule has 0 aliphatic heterocycles. The fourth-order valence-electron chi connectivity index (χ4n) is 1.71. The molecule has 4 nitrogen and oxygen atoms in total. The lowest BCUT2D eigenvalue weighted by Gasteiger charge is -2.28. The molecular weight excluding hydrogens is 216 g/mol. The summed E-state index contributed by atoms with van der Waals surface area (Å²) in [5, 5.41) is 8.95. The van der Waals surface area contributed by atoms with Crippen molar-refractivity contribution in [1.29, 1.82) is 0 Å². The van der Waals surface area contributed by atoms with Gasteiger partial charge in [0, 0.05) is 12.6 Å². The van der Waals surface area contributed by atoms with E-state index in [4.69, 9.17) is 10.8 Å². The number of benzene rings is 1. The van der Waals surface area contributed by atoms with E-state index in [-0.39, 0.29) is 18.6 Å². The lowest BCUT2D eigenvalue weighted by atomic mass is 10.1. The van der Waals surface area contributed by atoms with Gasteiger partial charge in [-0.25, -0.2) is 0 Å². The zero-order chi connectivity index (χ0) is 12.8. The van der Waals surface area contributed by atoms with E-state index < -0.39 is 6.04 Å². The van der Waals surface area contributed by atoms with Crippen LogP contribution in [0.15, 0.2) is 30.3 Å². The number of hydrogen-bond donors (Lipinski definition) is 2. The van der Waals surface area contributed by atoms with Crippen molar-refractivity contribution in [3.8, 4) is 0 Å². The Morgan fingerprint density at radius 2 is 1.94 bits per heavy atom. The molecule has 1 rings (SSSR count). The van der Waals surface area contributed by atoms with Crippen LogP contribution in [0.4, 0.5) is 0 Å². The lowest BCUT2D eigenvalue weighted by molar-refractivity contribution is -0.135. The first-order chi connectivity index (χ1) is 8.07. The number of aliphatic hydroxyl groups is 1. The molecule has 0 spiro atoms. The highest BCUT2D eigenvalue weighted by Gasteiger charge is 2.23. The van der Waals surface area contributed by atoms with Crippen molar-refractivity contribution >= 4 is 5.91 Å². The lowest BCUT2D eigenvalue weighted by Crippen LogP contribution is -2.44. The first-order valence-corrected chi connectivity index (χ1v) is 5.79. The summed E-state index contributed by atoms with van der Waals surface area (Å²) in [5.41, 5.74) is 6.73. The molecule has 1 amide bonds. The fraction of sp³-hybridized carbons (Fsp3) is 0.462. The van der Waals surface area contributed by atoms with Gasteiger partial charge in [-0.05, 0) is 19.4 Å². The quantitative estimate of drug-likeness (QED) is 0.798. The van der Waals surface area contributed by atoms with Crippen molar-refractivity contribution in [1.82, 2.24) is 4.90 Å². The Hall–Kier alpha value is -1.39. The Morgan fingerprint density at radius 3 is 2.41 bits per heavy atom. The summed E-state index contributed by atoms with van der Waals surface area (Å²) >= 11 is 0. The van der Waals surface area contributed by atoms with Crippen LogP contribution in [0.1, 0.15) is 25.5 Å². The first-order valence-electron chi connectivity index (χ1n) is 5.79. The number of nitrogens with two attached hydrogens (primary N) is 1. The third kappa shape index (κ3) is 3.54. The van der Waals surface area contributed by atoms with Gasteiger partial charge in [0.1, 0.15) is 6.04 Å². The molecule has 0 unspecified atom stereocenters. The van der Waals surface area contributed by atoms with Crippen LogP contribution in [0, 0.1) is 0 Å². The number of carbonyl (C=O) groups is 1. The molecule has 17 heavy (non-hydrogen) atoms. The summed E-state index contributed by atoms with van der Waals surface area (Å²) in [4.78, 5) is 13.8. The van der Waals surface area contributed by atoms with Crippen LogP contribution < -0.4 is 5.73 Å². The summed E-state index contributed by atoms with van der Waals surface area (Å²) in [6.07, 6.45) is 0. The van der Waals surface area contributed by atoms with Gasteiger partial charge in [0.15, 0.2) is 0 Å². The maximum atomic E-state index is 12.2. The van der Waals surface area contributed by atoms with Gasteiger partial charge in [0.05, 0.1) is 6.61 Å². The Kier molecular flexibility index (Phi) is 5.12. The molecule has 0 aromatic heterocycles. The summed E-state index contributed by atoms with van der Waals surface area (Å²) in [6, 6.07) is 8.63. The molecule has 3 N–H and O–H groups in total. The number of carbonyl (C=O) groups excluding carboxylic acids is 1. The Balaban J connectivity index is 2.80. The average molecular weight is 236 g/mol. The van der Waals surface area contributed by atoms with Gasteiger partial charge in [-0.2, -0.15) is 0 Å². The van der Waals surface area contributed by atoms with Crippen molar-refractivity contribution in [2.75, 3.05) is 13.2 Å². The first kappa shape index (κ1) is 13.7. The van der Waals surface area contributed by atoms with Crippen LogP contribution in [0.25, 0.3) is 0 Å². The summed E-state index contributed by atoms with van der Waals surface area (Å²) in [7, 11) is 0. The summed E-state index contributed by atoms with van der Waals surface area (Å²) < 4.78 is 0. The van der Waals surface area contributed by atoms with Crippen LogP contribution in [-0.4, -0.2) is 35.1 Å². The maximum Gasteiger partial charge on any atom is 0.244 e. The van der Waals surface area contributed by atoms with Crippen LogP contribution in [0.3, 0.4) is 0 Å². The van der Waals surface area contributed by atoms with Gasteiger partial charge < -0.3 is 15.7 Å². The second-order valence-corrected chi connectivity index (χ2v) is 4.24. The van der Waals surface area contributed by atoms with E-state index >= 15 is 0 Å². The second kappa shape index (κ2) is 6.37. The van der Waals surface area contributed by atoms with Gasteiger partial charge in [-0.15, -0.1) is 0 Å². The topological polar surface area (TPSA) is 66.6 Å². The van der Waals surface area contributed by atoms with Crippen molar-refractivity contribution in [3.05, 3.63) is 35.9 Å². The second-order valence-electron chi connectivity index (χ2n) is 4.24. The molecule has 1 atom stereocenters. The van der Waals surface area contributed by atoms with Crippen LogP contribution in [-0.2, 0) is 4.79 Å². The molecular formula is C13H20N2O2. The number of amides is 1. The predicted octanol–water partition coefficient (Wildman–Crippen LogP) is 0.916. The predicted molar refractivity (Wildman–Crippen MR) is 67.3 cm³/mol. The van der Waals surface area contributed by atoms with Gasteiger partial charge in [0.2, 0.25) is 5.91 Å². The molecule has 0 aliphatic carbocycles. The molecule has 0 radical (unpaired) electrons. The molecule has 0 heterocycles. The van der Waals surface area contributed by atoms with E-state index in [1.54, 1.807) is 4.90 Å². The standard InChI is InChI=1S/C13H20N2O2/c1-10(2)15(8-9-16)13(17)12(14)11-6-4-3-5-7-11/h3-7,10,12,16H,8-9,14H2,1-2H3/t12-/m0/s1. The van der Waals surface area contributed by atoms with Crippen LogP contribution >= 0.6 is 0 Å². The fourth-order valence-corrected chi connectivity index (χ4v) is 1.71. The van der Waals surface area contributed by atoms with Crippen molar-refractivity contribution < 1.29 is 9.90 Å². The minimum atomic E-state index is -0.662. The van der Waals surface area contributed by atoms with Crippen molar-refractivity contribution in [3.63, 3.8) is 0 Å². The number of rotatable bonds is 5. The molecule has 0 aliphatic rings. The Labute approximate surface area is 102 Å². The molecule has 0 saturated carbocycles. The third-order valence-electron chi connectivity index (χ3n) is 2.67. The number of aliphatic hydroxyl groups excluding tert-OH is 1. The molecule has 1 aromatic rings. The SMILES string of the molecule is CC(C)N(CCO)C(=O)[C@@H](N)c1ccccc1. The molecule has 0 bridgehead atoms. The largest absolute Gasteiger partial charge is 0.395 e. The normalized spacial score (nSPS) is 12.5. The van der Waals surface area contributed by atoms with E-state index in [0.29, 0.717) is 6.54 Å². The van der Waals surface area contributed by atoms with Gasteiger partial charge in [0.25, 0.3) is 0 Å². The highest BCUT2D eigenvalue weighted by atomic mass is 16.3. The molecule has 0 saturated heterocycles. The number of nitrogens with zero attached hydrogens (tertiary/aromatic N) is 1. The van der Waals surface area contributed by atoms with Gasteiger partial charge >= 0.3 is 0 Å². The molecule has 0 fully saturated rings. The van der Waals surface area contributed by atoms with Crippen molar-refractivity contribution in [2.24, 2.45) is 5.73 Å². The van der Waals surface area contributed by atoms with Crippen LogP contribution in [0.5, 0.6) is 0 Å². The minimum absolute atomic E-state index is 0.0319. The average Bonchev–Trinajstić information content (AvgIpc) is 2.35. The minimum Gasteiger partial charge on any atom is -0.395 e. The van der Waals surface area contributed by atoms with E-state index in [1.807, 2.05) is 44.2 Å². The third-order valence-corrected chi connectivity index (χ3v) is 2.67. The van der Waals surface area contributed by atoms with E-state index in [1.165, 1.54) is 0 Å². The monoisotopic (exact) mass is 236 g/mol. The van der Waals surface area contributed by atoms with E-state index in [2.05, 4.69) is 0 Å². The highest BCUT2D eigenvalue weighted by molar-refractivity contribution is 5.83. The van der Waals surface area contributed by atoms with E-state index in [9.17, 15) is 4.79 Å².